The number of hydrogen-bond donors (Lipinski definition) is 2. The predicted molar refractivity (Wildman–Crippen MR) is 103 cm³/mol. The zero-order valence-corrected chi connectivity index (χ0v) is 14.6. The van der Waals surface area contributed by atoms with Gasteiger partial charge in [0.05, 0.1) is 5.52 Å². The first kappa shape index (κ1) is 17.0. The van der Waals surface area contributed by atoms with Gasteiger partial charge in [0.2, 0.25) is 5.95 Å². The Morgan fingerprint density at radius 3 is 2.56 bits per heavy atom. The van der Waals surface area contributed by atoms with Crippen LogP contribution in [-0.2, 0) is 0 Å². The standard InChI is InChI=1S/C19H20BN4O/c1-12(2)22-18(25)13-4-7-16(8-5-13)23-19-21-11-14-10-15(20-3)6-9-17(14)24-19/h4-12H,1-3H3,(H,22,25)(H,21,23,24). The van der Waals surface area contributed by atoms with Crippen molar-refractivity contribution in [2.45, 2.75) is 26.7 Å². The lowest BCUT2D eigenvalue weighted by molar-refractivity contribution is 0.0943. The number of fused-ring (bicyclic) bond motifs is 1. The summed E-state index contributed by atoms with van der Waals surface area (Å²) in [6.07, 6.45) is 1.81. The lowest BCUT2D eigenvalue weighted by Gasteiger charge is -2.09. The molecule has 0 aliphatic carbocycles. The molecule has 0 spiro atoms. The number of benzene rings is 2. The van der Waals surface area contributed by atoms with Crippen molar-refractivity contribution in [1.82, 2.24) is 15.3 Å². The third-order valence-corrected chi connectivity index (χ3v) is 3.76. The van der Waals surface area contributed by atoms with Crippen LogP contribution in [-0.4, -0.2) is 29.2 Å². The normalized spacial score (nSPS) is 10.7. The van der Waals surface area contributed by atoms with Crippen molar-refractivity contribution in [1.29, 1.82) is 0 Å². The summed E-state index contributed by atoms with van der Waals surface area (Å²) in [7, 11) is 2.04. The van der Waals surface area contributed by atoms with Gasteiger partial charge in [-0.2, -0.15) is 0 Å². The van der Waals surface area contributed by atoms with Gasteiger partial charge in [-0.1, -0.05) is 24.4 Å². The van der Waals surface area contributed by atoms with Crippen LogP contribution in [0.1, 0.15) is 24.2 Å². The predicted octanol–water partition coefficient (Wildman–Crippen LogP) is 2.89. The summed E-state index contributed by atoms with van der Waals surface area (Å²) in [6.45, 7) is 5.88. The topological polar surface area (TPSA) is 66.9 Å². The number of amides is 1. The van der Waals surface area contributed by atoms with E-state index in [1.54, 1.807) is 12.1 Å². The fourth-order valence-corrected chi connectivity index (χ4v) is 2.47. The highest BCUT2D eigenvalue weighted by Gasteiger charge is 2.07. The number of rotatable bonds is 5. The summed E-state index contributed by atoms with van der Waals surface area (Å²) in [6, 6.07) is 13.4. The summed E-state index contributed by atoms with van der Waals surface area (Å²) < 4.78 is 0. The average molecular weight is 331 g/mol. The monoisotopic (exact) mass is 331 g/mol. The largest absolute Gasteiger partial charge is 0.350 e. The molecule has 0 saturated heterocycles. The zero-order valence-electron chi connectivity index (χ0n) is 14.6. The summed E-state index contributed by atoms with van der Waals surface area (Å²) >= 11 is 0. The Labute approximate surface area is 148 Å². The molecule has 2 aromatic carbocycles. The molecule has 0 unspecified atom stereocenters. The number of carbonyl (C=O) groups excluding carboxylic acids is 1. The van der Waals surface area contributed by atoms with Gasteiger partial charge in [-0.3, -0.25) is 4.79 Å². The van der Waals surface area contributed by atoms with E-state index in [1.165, 1.54) is 0 Å². The van der Waals surface area contributed by atoms with Crippen LogP contribution in [0.15, 0.2) is 48.7 Å². The molecule has 0 atom stereocenters. The van der Waals surface area contributed by atoms with E-state index < -0.39 is 0 Å². The van der Waals surface area contributed by atoms with Gasteiger partial charge in [-0.15, -0.1) is 0 Å². The Kier molecular flexibility index (Phi) is 4.98. The lowest BCUT2D eigenvalue weighted by Crippen LogP contribution is -2.29. The van der Waals surface area contributed by atoms with Gasteiger partial charge in [0.15, 0.2) is 0 Å². The fraction of sp³-hybridized carbons (Fsp3) is 0.211. The average Bonchev–Trinajstić information content (AvgIpc) is 2.61. The van der Waals surface area contributed by atoms with E-state index in [1.807, 2.05) is 58.4 Å². The first-order valence-corrected chi connectivity index (χ1v) is 8.29. The number of anilines is 2. The number of nitrogens with one attached hydrogen (secondary N) is 2. The van der Waals surface area contributed by atoms with Crippen molar-refractivity contribution >= 4 is 41.2 Å². The van der Waals surface area contributed by atoms with Crippen molar-refractivity contribution < 1.29 is 4.79 Å². The number of aromatic nitrogens is 2. The van der Waals surface area contributed by atoms with Crippen molar-refractivity contribution in [2.24, 2.45) is 0 Å². The molecule has 1 aromatic heterocycles. The molecule has 3 aromatic rings. The second-order valence-electron chi connectivity index (χ2n) is 6.13. The van der Waals surface area contributed by atoms with Crippen LogP contribution in [0.5, 0.6) is 0 Å². The lowest BCUT2D eigenvalue weighted by atomic mass is 9.73. The van der Waals surface area contributed by atoms with E-state index in [-0.39, 0.29) is 11.9 Å². The van der Waals surface area contributed by atoms with Gasteiger partial charge in [-0.05, 0) is 44.2 Å². The molecule has 0 bridgehead atoms. The van der Waals surface area contributed by atoms with E-state index in [9.17, 15) is 4.79 Å². The highest BCUT2D eigenvalue weighted by Crippen LogP contribution is 2.16. The van der Waals surface area contributed by atoms with Crippen LogP contribution in [0.4, 0.5) is 11.6 Å². The van der Waals surface area contributed by atoms with E-state index in [2.05, 4.69) is 26.7 Å². The molecule has 1 heterocycles. The maximum absolute atomic E-state index is 12.0. The van der Waals surface area contributed by atoms with Gasteiger partial charge >= 0.3 is 0 Å². The molecule has 3 rings (SSSR count). The minimum Gasteiger partial charge on any atom is -0.350 e. The first-order valence-electron chi connectivity index (χ1n) is 8.29. The Morgan fingerprint density at radius 1 is 1.12 bits per heavy atom. The van der Waals surface area contributed by atoms with Crippen LogP contribution in [0.2, 0.25) is 6.82 Å². The molecule has 0 saturated carbocycles. The van der Waals surface area contributed by atoms with Gasteiger partial charge in [0.1, 0.15) is 7.28 Å². The van der Waals surface area contributed by atoms with Crippen LogP contribution >= 0.6 is 0 Å². The molecule has 5 nitrogen and oxygen atoms in total. The van der Waals surface area contributed by atoms with Crippen molar-refractivity contribution in [3.05, 3.63) is 54.2 Å². The molecule has 25 heavy (non-hydrogen) atoms. The molecule has 0 fully saturated rings. The number of nitrogens with zero attached hydrogens (tertiary/aromatic N) is 2. The highest BCUT2D eigenvalue weighted by molar-refractivity contribution is 6.52. The van der Waals surface area contributed by atoms with Crippen molar-refractivity contribution in [2.75, 3.05) is 5.32 Å². The summed E-state index contributed by atoms with van der Waals surface area (Å²) in [5, 5.41) is 7.04. The SMILES string of the molecule is C[B]c1ccc2nc(Nc3ccc(C(=O)NC(C)C)cc3)ncc2c1. The molecule has 0 aliphatic heterocycles. The quantitative estimate of drug-likeness (QED) is 0.706. The second kappa shape index (κ2) is 7.34. The third kappa shape index (κ3) is 4.15. The molecule has 6 heteroatoms. The van der Waals surface area contributed by atoms with Gasteiger partial charge in [0, 0.05) is 28.9 Å². The summed E-state index contributed by atoms with van der Waals surface area (Å²) in [5.41, 5.74) is 3.49. The van der Waals surface area contributed by atoms with E-state index >= 15 is 0 Å². The first-order chi connectivity index (χ1) is 12.0. The fourth-order valence-electron chi connectivity index (χ4n) is 2.47. The molecule has 1 amide bonds. The van der Waals surface area contributed by atoms with Crippen molar-refractivity contribution in [3.63, 3.8) is 0 Å². The Morgan fingerprint density at radius 2 is 1.88 bits per heavy atom. The molecule has 2 N–H and O–H groups in total. The minimum atomic E-state index is -0.0768. The third-order valence-electron chi connectivity index (χ3n) is 3.76. The molecule has 1 radical (unpaired) electrons. The zero-order chi connectivity index (χ0) is 17.8. The maximum atomic E-state index is 12.0. The van der Waals surface area contributed by atoms with Crippen LogP contribution in [0, 0.1) is 0 Å². The minimum absolute atomic E-state index is 0.0768. The smallest absolute Gasteiger partial charge is 0.251 e. The molecule has 0 aliphatic rings. The Balaban J connectivity index is 1.75. The van der Waals surface area contributed by atoms with Gasteiger partial charge in [-0.25, -0.2) is 9.97 Å². The number of hydrogen-bond acceptors (Lipinski definition) is 4. The molecule has 125 valence electrons. The number of carbonyl (C=O) groups is 1. The van der Waals surface area contributed by atoms with Crippen molar-refractivity contribution in [3.8, 4) is 0 Å². The van der Waals surface area contributed by atoms with Crippen LogP contribution in [0.3, 0.4) is 0 Å². The summed E-state index contributed by atoms with van der Waals surface area (Å²) in [4.78, 5) is 20.9. The van der Waals surface area contributed by atoms with E-state index in [0.29, 0.717) is 11.5 Å². The van der Waals surface area contributed by atoms with E-state index in [0.717, 1.165) is 22.1 Å². The van der Waals surface area contributed by atoms with Crippen LogP contribution in [0.25, 0.3) is 10.9 Å². The summed E-state index contributed by atoms with van der Waals surface area (Å²) in [5.74, 6) is 0.451. The van der Waals surface area contributed by atoms with Gasteiger partial charge in [0.25, 0.3) is 5.91 Å². The maximum Gasteiger partial charge on any atom is 0.251 e. The highest BCUT2D eigenvalue weighted by atomic mass is 16.1. The molecular weight excluding hydrogens is 311 g/mol. The van der Waals surface area contributed by atoms with E-state index in [4.69, 9.17) is 0 Å². The second-order valence-corrected chi connectivity index (χ2v) is 6.13. The van der Waals surface area contributed by atoms with Gasteiger partial charge < -0.3 is 10.6 Å². The Hall–Kier alpha value is -2.89. The molecular formula is C19H20BN4O. The van der Waals surface area contributed by atoms with Crippen LogP contribution < -0.4 is 16.1 Å². The Bertz CT molecular complexity index is 894.